The Bertz CT molecular complexity index is 673. The molecule has 6 nitrogen and oxygen atoms in total. The van der Waals surface area contributed by atoms with Crippen LogP contribution in [0.3, 0.4) is 0 Å². The van der Waals surface area contributed by atoms with Gasteiger partial charge in [-0.2, -0.15) is 0 Å². The molecular weight excluding hydrogens is 260 g/mol. The summed E-state index contributed by atoms with van der Waals surface area (Å²) >= 11 is 0. The van der Waals surface area contributed by atoms with Crippen molar-refractivity contribution in [3.8, 4) is 0 Å². The third-order valence-electron chi connectivity index (χ3n) is 3.18. The van der Waals surface area contributed by atoms with Gasteiger partial charge in [-0.05, 0) is 31.0 Å². The maximum Gasteiger partial charge on any atom is 0.303 e. The number of rotatable bonds is 5. The molecule has 0 unspecified atom stereocenters. The molecule has 1 fully saturated rings. The monoisotopic (exact) mass is 274 g/mol. The summed E-state index contributed by atoms with van der Waals surface area (Å²) in [5, 5.41) is 11.2. The van der Waals surface area contributed by atoms with Crippen molar-refractivity contribution in [2.45, 2.75) is 31.6 Å². The van der Waals surface area contributed by atoms with Crippen LogP contribution in [0.2, 0.25) is 0 Å². The lowest BCUT2D eigenvalue weighted by molar-refractivity contribution is -0.138. The molecule has 1 saturated carbocycles. The number of nitrogens with zero attached hydrogens (tertiary/aromatic N) is 1. The summed E-state index contributed by atoms with van der Waals surface area (Å²) in [6, 6.07) is 5.23. The van der Waals surface area contributed by atoms with E-state index in [4.69, 9.17) is 9.52 Å². The van der Waals surface area contributed by atoms with Crippen LogP contribution in [0.1, 0.15) is 37.5 Å². The molecule has 1 aromatic carbocycles. The normalized spacial score (nSPS) is 14.4. The summed E-state index contributed by atoms with van der Waals surface area (Å²) in [5.74, 6) is -0.107. The number of oxazole rings is 1. The predicted octanol–water partition coefficient (Wildman–Crippen LogP) is 2.51. The van der Waals surface area contributed by atoms with E-state index in [2.05, 4.69) is 10.3 Å². The molecular formula is C14H14N2O4. The van der Waals surface area contributed by atoms with Crippen molar-refractivity contribution in [2.75, 3.05) is 5.32 Å². The minimum atomic E-state index is -0.985. The molecule has 1 aliphatic rings. The van der Waals surface area contributed by atoms with Crippen LogP contribution in [0.4, 0.5) is 5.69 Å². The standard InChI is InChI=1S/C14H14N2O4/c17-12(5-6-13(18)19)15-9-3-4-11-10(7-9)16-14(20-11)8-1-2-8/h3-4,7-8H,1-2,5-6H2,(H,15,17)(H,18,19). The largest absolute Gasteiger partial charge is 0.481 e. The van der Waals surface area contributed by atoms with E-state index in [1.165, 1.54) is 0 Å². The highest BCUT2D eigenvalue weighted by Gasteiger charge is 2.28. The molecule has 6 heteroatoms. The quantitative estimate of drug-likeness (QED) is 0.873. The lowest BCUT2D eigenvalue weighted by atomic mass is 10.2. The number of anilines is 1. The van der Waals surface area contributed by atoms with E-state index >= 15 is 0 Å². The SMILES string of the molecule is O=C(O)CCC(=O)Nc1ccc2oc(C3CC3)nc2c1. The Morgan fingerprint density at radius 2 is 2.15 bits per heavy atom. The van der Waals surface area contributed by atoms with E-state index in [1.807, 2.05) is 0 Å². The molecule has 0 atom stereocenters. The second-order valence-electron chi connectivity index (χ2n) is 4.95. The van der Waals surface area contributed by atoms with Gasteiger partial charge in [0, 0.05) is 18.0 Å². The van der Waals surface area contributed by atoms with E-state index in [1.54, 1.807) is 18.2 Å². The highest BCUT2D eigenvalue weighted by molar-refractivity contribution is 5.94. The smallest absolute Gasteiger partial charge is 0.303 e. The van der Waals surface area contributed by atoms with Crippen LogP contribution in [-0.4, -0.2) is 22.0 Å². The first kappa shape index (κ1) is 12.7. The maximum atomic E-state index is 11.6. The zero-order chi connectivity index (χ0) is 14.1. The van der Waals surface area contributed by atoms with E-state index in [0.717, 1.165) is 18.7 Å². The van der Waals surface area contributed by atoms with Crippen molar-refractivity contribution in [1.82, 2.24) is 4.98 Å². The number of aromatic nitrogens is 1. The number of hydrogen-bond acceptors (Lipinski definition) is 4. The zero-order valence-electron chi connectivity index (χ0n) is 10.8. The van der Waals surface area contributed by atoms with Crippen LogP contribution in [-0.2, 0) is 9.59 Å². The molecule has 0 aliphatic heterocycles. The molecule has 1 aliphatic carbocycles. The number of carbonyl (C=O) groups excluding carboxylic acids is 1. The van der Waals surface area contributed by atoms with Crippen molar-refractivity contribution in [3.63, 3.8) is 0 Å². The van der Waals surface area contributed by atoms with Crippen LogP contribution in [0.5, 0.6) is 0 Å². The molecule has 1 amide bonds. The summed E-state index contributed by atoms with van der Waals surface area (Å²) in [6.07, 6.45) is 2.01. The fourth-order valence-corrected chi connectivity index (χ4v) is 1.97. The Morgan fingerprint density at radius 3 is 2.85 bits per heavy atom. The van der Waals surface area contributed by atoms with Gasteiger partial charge in [0.15, 0.2) is 11.5 Å². The number of carboxylic acids is 1. The lowest BCUT2D eigenvalue weighted by Crippen LogP contribution is -2.13. The average Bonchev–Trinajstić information content (AvgIpc) is 3.16. The number of benzene rings is 1. The second-order valence-corrected chi connectivity index (χ2v) is 4.95. The Balaban J connectivity index is 1.71. The van der Waals surface area contributed by atoms with Gasteiger partial charge in [0.05, 0.1) is 6.42 Å². The number of fused-ring (bicyclic) bond motifs is 1. The fraction of sp³-hybridized carbons (Fsp3) is 0.357. The van der Waals surface area contributed by atoms with Crippen LogP contribution < -0.4 is 5.32 Å². The molecule has 1 aromatic heterocycles. The Hall–Kier alpha value is -2.37. The Labute approximate surface area is 114 Å². The van der Waals surface area contributed by atoms with Gasteiger partial charge >= 0.3 is 5.97 Å². The summed E-state index contributed by atoms with van der Waals surface area (Å²) < 4.78 is 5.63. The number of hydrogen-bond donors (Lipinski definition) is 2. The van der Waals surface area contributed by atoms with Crippen LogP contribution in [0.25, 0.3) is 11.1 Å². The van der Waals surface area contributed by atoms with E-state index in [9.17, 15) is 9.59 Å². The minimum Gasteiger partial charge on any atom is -0.481 e. The highest BCUT2D eigenvalue weighted by Crippen LogP contribution is 2.40. The maximum absolute atomic E-state index is 11.6. The highest BCUT2D eigenvalue weighted by atomic mass is 16.4. The first-order valence-electron chi connectivity index (χ1n) is 6.54. The van der Waals surface area contributed by atoms with E-state index in [0.29, 0.717) is 22.7 Å². The van der Waals surface area contributed by atoms with Crippen LogP contribution in [0.15, 0.2) is 22.6 Å². The van der Waals surface area contributed by atoms with Gasteiger partial charge in [0.1, 0.15) is 5.52 Å². The van der Waals surface area contributed by atoms with Gasteiger partial charge in [0.2, 0.25) is 5.91 Å². The molecule has 0 spiro atoms. The van der Waals surface area contributed by atoms with Gasteiger partial charge in [0.25, 0.3) is 0 Å². The van der Waals surface area contributed by atoms with E-state index < -0.39 is 5.97 Å². The van der Waals surface area contributed by atoms with Crippen molar-refractivity contribution >= 4 is 28.7 Å². The van der Waals surface area contributed by atoms with Gasteiger partial charge in [-0.1, -0.05) is 0 Å². The summed E-state index contributed by atoms with van der Waals surface area (Å²) in [6.45, 7) is 0. The van der Waals surface area contributed by atoms with Crippen LogP contribution >= 0.6 is 0 Å². The Morgan fingerprint density at radius 1 is 1.35 bits per heavy atom. The molecule has 3 rings (SSSR count). The van der Waals surface area contributed by atoms with Crippen molar-refractivity contribution < 1.29 is 19.1 Å². The second kappa shape index (κ2) is 4.96. The van der Waals surface area contributed by atoms with Gasteiger partial charge in [-0.25, -0.2) is 4.98 Å². The van der Waals surface area contributed by atoms with Gasteiger partial charge in [-0.3, -0.25) is 9.59 Å². The zero-order valence-corrected chi connectivity index (χ0v) is 10.8. The van der Waals surface area contributed by atoms with E-state index in [-0.39, 0.29) is 18.7 Å². The molecule has 0 radical (unpaired) electrons. The fourth-order valence-electron chi connectivity index (χ4n) is 1.97. The molecule has 2 N–H and O–H groups in total. The predicted molar refractivity (Wildman–Crippen MR) is 71.5 cm³/mol. The van der Waals surface area contributed by atoms with Crippen molar-refractivity contribution in [2.24, 2.45) is 0 Å². The van der Waals surface area contributed by atoms with Gasteiger partial charge in [-0.15, -0.1) is 0 Å². The molecule has 0 bridgehead atoms. The van der Waals surface area contributed by atoms with Crippen molar-refractivity contribution in [3.05, 3.63) is 24.1 Å². The minimum absolute atomic E-state index is 0.0422. The molecule has 104 valence electrons. The first-order chi connectivity index (χ1) is 9.61. The molecule has 0 saturated heterocycles. The topological polar surface area (TPSA) is 92.4 Å². The summed E-state index contributed by atoms with van der Waals surface area (Å²) in [4.78, 5) is 26.4. The summed E-state index contributed by atoms with van der Waals surface area (Å²) in [7, 11) is 0. The first-order valence-corrected chi connectivity index (χ1v) is 6.54. The van der Waals surface area contributed by atoms with Crippen LogP contribution in [0, 0.1) is 0 Å². The molecule has 1 heterocycles. The summed E-state index contributed by atoms with van der Waals surface area (Å²) in [5.41, 5.74) is 2.02. The number of carbonyl (C=O) groups is 2. The average molecular weight is 274 g/mol. The third kappa shape index (κ3) is 2.79. The van der Waals surface area contributed by atoms with Crippen molar-refractivity contribution in [1.29, 1.82) is 0 Å². The lowest BCUT2D eigenvalue weighted by Gasteiger charge is -2.03. The number of amides is 1. The molecule has 2 aromatic rings. The number of aliphatic carboxylic acids is 1. The Kier molecular flexibility index (Phi) is 3.14. The van der Waals surface area contributed by atoms with Gasteiger partial charge < -0.3 is 14.8 Å². The molecule has 20 heavy (non-hydrogen) atoms. The number of nitrogens with one attached hydrogen (secondary N) is 1. The number of carboxylic acid groups (broad SMARTS) is 1. The third-order valence-corrected chi connectivity index (χ3v) is 3.18.